The lowest BCUT2D eigenvalue weighted by Gasteiger charge is -1.93. The monoisotopic (exact) mass is 147 g/mol. The van der Waals surface area contributed by atoms with Gasteiger partial charge in [0.05, 0.1) is 0 Å². The molecular formula is C4H3F2N3O. The average molecular weight is 147 g/mol. The maximum Gasteiger partial charge on any atom is 0.333 e. The summed E-state index contributed by atoms with van der Waals surface area (Å²) in [6.45, 7) is -2.71. The molecule has 0 fully saturated rings. The first-order chi connectivity index (χ1) is 4.74. The highest BCUT2D eigenvalue weighted by molar-refractivity contribution is 5.22. The van der Waals surface area contributed by atoms with Crippen LogP contribution in [0.5, 0.6) is 0 Å². The van der Waals surface area contributed by atoms with Gasteiger partial charge in [0.2, 0.25) is 5.82 Å². The molecule has 0 N–H and O–H groups in total. The SMILES string of the molecule is O=Nc1ccn(C(F)F)n1. The van der Waals surface area contributed by atoms with E-state index in [9.17, 15) is 13.7 Å². The van der Waals surface area contributed by atoms with Crippen molar-refractivity contribution in [3.05, 3.63) is 17.2 Å². The fourth-order valence-electron chi connectivity index (χ4n) is 0.485. The molecule has 1 heterocycles. The molecule has 0 bridgehead atoms. The largest absolute Gasteiger partial charge is 0.333 e. The van der Waals surface area contributed by atoms with Crippen LogP contribution >= 0.6 is 0 Å². The van der Waals surface area contributed by atoms with Crippen LogP contribution in [-0.2, 0) is 0 Å². The van der Waals surface area contributed by atoms with Crippen molar-refractivity contribution in [2.45, 2.75) is 6.55 Å². The first-order valence-corrected chi connectivity index (χ1v) is 2.40. The molecule has 0 saturated carbocycles. The molecule has 1 rings (SSSR count). The first-order valence-electron chi connectivity index (χ1n) is 2.40. The molecule has 4 nitrogen and oxygen atoms in total. The van der Waals surface area contributed by atoms with E-state index in [4.69, 9.17) is 0 Å². The second kappa shape index (κ2) is 2.51. The molecule has 1 aromatic rings. The minimum Gasteiger partial charge on any atom is -0.209 e. The first kappa shape index (κ1) is 6.79. The van der Waals surface area contributed by atoms with Crippen molar-refractivity contribution in [2.24, 2.45) is 5.18 Å². The smallest absolute Gasteiger partial charge is 0.209 e. The van der Waals surface area contributed by atoms with E-state index in [0.717, 1.165) is 12.3 Å². The van der Waals surface area contributed by atoms with Gasteiger partial charge in [0.1, 0.15) is 0 Å². The van der Waals surface area contributed by atoms with Crippen LogP contribution in [0.25, 0.3) is 0 Å². The number of nitrogens with zero attached hydrogens (tertiary/aromatic N) is 3. The summed E-state index contributed by atoms with van der Waals surface area (Å²) < 4.78 is 23.7. The Hall–Kier alpha value is -1.33. The molecule has 0 aliphatic rings. The summed E-state index contributed by atoms with van der Waals surface area (Å²) in [6.07, 6.45) is 0.988. The van der Waals surface area contributed by atoms with E-state index < -0.39 is 6.55 Å². The van der Waals surface area contributed by atoms with E-state index in [1.54, 1.807) is 0 Å². The van der Waals surface area contributed by atoms with Gasteiger partial charge in [-0.25, -0.2) is 4.68 Å². The molecule has 0 spiro atoms. The minimum absolute atomic E-state index is 0.236. The van der Waals surface area contributed by atoms with Crippen molar-refractivity contribution in [3.8, 4) is 0 Å². The predicted molar refractivity (Wildman–Crippen MR) is 28.9 cm³/mol. The second-order valence-electron chi connectivity index (χ2n) is 1.52. The van der Waals surface area contributed by atoms with Crippen molar-refractivity contribution in [1.82, 2.24) is 9.78 Å². The number of hydrogen-bond donors (Lipinski definition) is 0. The second-order valence-corrected chi connectivity index (χ2v) is 1.52. The average Bonchev–Trinajstić information content (AvgIpc) is 2.34. The van der Waals surface area contributed by atoms with Gasteiger partial charge in [-0.05, 0) is 5.18 Å². The standard InChI is InChI=1S/C4H3F2N3O/c5-4(6)9-2-1-3(7-9)8-10/h1-2,4H. The van der Waals surface area contributed by atoms with Gasteiger partial charge < -0.3 is 0 Å². The molecule has 6 heteroatoms. The molecular weight excluding hydrogens is 144 g/mol. The molecule has 0 unspecified atom stereocenters. The van der Waals surface area contributed by atoms with Gasteiger partial charge >= 0.3 is 6.55 Å². The Morgan fingerprint density at radius 1 is 1.70 bits per heavy atom. The zero-order valence-electron chi connectivity index (χ0n) is 4.74. The summed E-state index contributed by atoms with van der Waals surface area (Å²) in [5, 5.41) is 5.47. The third-order valence-electron chi connectivity index (χ3n) is 0.888. The maximum absolute atomic E-state index is 11.7. The van der Waals surface area contributed by atoms with Crippen molar-refractivity contribution in [3.63, 3.8) is 0 Å². The number of aromatic nitrogens is 2. The number of alkyl halides is 2. The van der Waals surface area contributed by atoms with Crippen molar-refractivity contribution >= 4 is 5.82 Å². The molecule has 0 radical (unpaired) electrons. The number of rotatable bonds is 2. The summed E-state index contributed by atoms with van der Waals surface area (Å²) in [5.74, 6) is -0.236. The summed E-state index contributed by atoms with van der Waals surface area (Å²) in [5.41, 5.74) is 0. The lowest BCUT2D eigenvalue weighted by Crippen LogP contribution is -1.96. The molecule has 0 saturated heterocycles. The van der Waals surface area contributed by atoms with Crippen LogP contribution in [-0.4, -0.2) is 9.78 Å². The van der Waals surface area contributed by atoms with Crippen LogP contribution in [0.2, 0.25) is 0 Å². The Morgan fingerprint density at radius 2 is 2.40 bits per heavy atom. The lowest BCUT2D eigenvalue weighted by atomic mass is 10.7. The van der Waals surface area contributed by atoms with Crippen LogP contribution in [0, 0.1) is 4.91 Å². The highest BCUT2D eigenvalue weighted by atomic mass is 19.3. The van der Waals surface area contributed by atoms with E-state index >= 15 is 0 Å². The third-order valence-corrected chi connectivity index (χ3v) is 0.888. The highest BCUT2D eigenvalue weighted by Crippen LogP contribution is 2.12. The van der Waals surface area contributed by atoms with Crippen LogP contribution in [0.15, 0.2) is 17.4 Å². The number of nitroso groups, excluding NO2 is 1. The fraction of sp³-hybridized carbons (Fsp3) is 0.250. The zero-order valence-corrected chi connectivity index (χ0v) is 4.74. The van der Waals surface area contributed by atoms with Crippen LogP contribution in [0.4, 0.5) is 14.6 Å². The molecule has 10 heavy (non-hydrogen) atoms. The molecule has 0 amide bonds. The minimum atomic E-state index is -2.71. The Kier molecular flexibility index (Phi) is 1.70. The van der Waals surface area contributed by atoms with Crippen molar-refractivity contribution in [1.29, 1.82) is 0 Å². The normalized spacial score (nSPS) is 10.3. The van der Waals surface area contributed by atoms with Gasteiger partial charge in [-0.1, -0.05) is 0 Å². The van der Waals surface area contributed by atoms with Crippen molar-refractivity contribution < 1.29 is 8.78 Å². The van der Waals surface area contributed by atoms with E-state index in [-0.39, 0.29) is 5.82 Å². The number of hydrogen-bond acceptors (Lipinski definition) is 3. The Balaban J connectivity index is 2.88. The van der Waals surface area contributed by atoms with Gasteiger partial charge in [-0.15, -0.1) is 10.0 Å². The molecule has 0 aromatic carbocycles. The maximum atomic E-state index is 11.7. The third kappa shape index (κ3) is 1.15. The Morgan fingerprint density at radius 3 is 2.70 bits per heavy atom. The molecule has 0 atom stereocenters. The summed E-state index contributed by atoms with van der Waals surface area (Å²) in [4.78, 5) is 9.67. The fourth-order valence-corrected chi connectivity index (χ4v) is 0.485. The topological polar surface area (TPSA) is 47.2 Å². The lowest BCUT2D eigenvalue weighted by molar-refractivity contribution is 0.0568. The Labute approximate surface area is 54.4 Å². The van der Waals surface area contributed by atoms with Crippen molar-refractivity contribution in [2.75, 3.05) is 0 Å². The van der Waals surface area contributed by atoms with E-state index in [0.29, 0.717) is 4.68 Å². The summed E-state index contributed by atoms with van der Waals surface area (Å²) in [6, 6.07) is 1.11. The summed E-state index contributed by atoms with van der Waals surface area (Å²) >= 11 is 0. The van der Waals surface area contributed by atoms with Gasteiger partial charge in [0, 0.05) is 12.3 Å². The van der Waals surface area contributed by atoms with Gasteiger partial charge in [0.15, 0.2) is 0 Å². The zero-order chi connectivity index (χ0) is 7.56. The van der Waals surface area contributed by atoms with E-state index in [1.165, 1.54) is 0 Å². The van der Waals surface area contributed by atoms with E-state index in [2.05, 4.69) is 10.3 Å². The molecule has 0 aliphatic carbocycles. The van der Waals surface area contributed by atoms with Crippen LogP contribution in [0.3, 0.4) is 0 Å². The van der Waals surface area contributed by atoms with Gasteiger partial charge in [-0.2, -0.15) is 8.78 Å². The van der Waals surface area contributed by atoms with Crippen LogP contribution < -0.4 is 0 Å². The predicted octanol–water partition coefficient (Wildman–Crippen LogP) is 1.68. The summed E-state index contributed by atoms with van der Waals surface area (Å²) in [7, 11) is 0. The molecule has 54 valence electrons. The van der Waals surface area contributed by atoms with Crippen LogP contribution in [0.1, 0.15) is 6.55 Å². The quantitative estimate of drug-likeness (QED) is 0.597. The van der Waals surface area contributed by atoms with Gasteiger partial charge in [-0.3, -0.25) is 0 Å². The Bertz CT molecular complexity index is 234. The highest BCUT2D eigenvalue weighted by Gasteiger charge is 2.06. The molecule has 0 aliphatic heterocycles. The molecule has 1 aromatic heterocycles. The number of halogens is 2. The van der Waals surface area contributed by atoms with E-state index in [1.807, 2.05) is 0 Å². The van der Waals surface area contributed by atoms with Gasteiger partial charge in [0.25, 0.3) is 0 Å².